The number of amides is 1. The van der Waals surface area contributed by atoms with Crippen molar-refractivity contribution in [3.05, 3.63) is 40.4 Å². The number of halogens is 1. The van der Waals surface area contributed by atoms with Crippen molar-refractivity contribution in [2.24, 2.45) is 0 Å². The van der Waals surface area contributed by atoms with E-state index in [2.05, 4.69) is 21.2 Å². The maximum absolute atomic E-state index is 11.5. The average Bonchev–Trinajstić information content (AvgIpc) is 2.21. The van der Waals surface area contributed by atoms with Crippen LogP contribution in [0.4, 0.5) is 0 Å². The van der Waals surface area contributed by atoms with Gasteiger partial charge in [-0.2, -0.15) is 0 Å². The summed E-state index contributed by atoms with van der Waals surface area (Å²) in [5.41, 5.74) is 1.03. The van der Waals surface area contributed by atoms with Crippen molar-refractivity contribution < 1.29 is 4.79 Å². The first-order chi connectivity index (χ1) is 7.74. The first-order valence-corrected chi connectivity index (χ1v) is 6.27. The fourth-order valence-corrected chi connectivity index (χ4v) is 2.00. The number of carbonyl (C=O) groups is 1. The Bertz CT molecular complexity index is 410. The van der Waals surface area contributed by atoms with Gasteiger partial charge in [-0.3, -0.25) is 4.79 Å². The molecule has 1 fully saturated rings. The Morgan fingerprint density at radius 1 is 1.44 bits per heavy atom. The van der Waals surface area contributed by atoms with Crippen molar-refractivity contribution in [3.63, 3.8) is 0 Å². The topological polar surface area (TPSA) is 29.1 Å². The average molecular weight is 280 g/mol. The molecule has 2 nitrogen and oxygen atoms in total. The van der Waals surface area contributed by atoms with Crippen molar-refractivity contribution in [3.8, 4) is 0 Å². The first kappa shape index (κ1) is 11.4. The summed E-state index contributed by atoms with van der Waals surface area (Å²) < 4.78 is 1.02. The van der Waals surface area contributed by atoms with E-state index in [9.17, 15) is 4.79 Å². The highest BCUT2D eigenvalue weighted by Gasteiger charge is 2.17. The van der Waals surface area contributed by atoms with Crippen LogP contribution in [0.2, 0.25) is 0 Å². The Balaban J connectivity index is 1.90. The van der Waals surface area contributed by atoms with E-state index >= 15 is 0 Å². The van der Waals surface area contributed by atoms with Gasteiger partial charge < -0.3 is 5.32 Å². The van der Waals surface area contributed by atoms with Crippen LogP contribution in [0.15, 0.2) is 34.8 Å². The summed E-state index contributed by atoms with van der Waals surface area (Å²) in [6.45, 7) is 0. The van der Waals surface area contributed by atoms with Gasteiger partial charge in [0.15, 0.2) is 0 Å². The Morgan fingerprint density at radius 3 is 2.88 bits per heavy atom. The predicted molar refractivity (Wildman–Crippen MR) is 69.0 cm³/mol. The minimum Gasteiger partial charge on any atom is -0.350 e. The number of rotatable bonds is 3. The molecule has 1 aliphatic carbocycles. The lowest BCUT2D eigenvalue weighted by molar-refractivity contribution is -0.117. The standard InChI is InChI=1S/C13H14BrNO/c14-11-4-1-3-10(9-11)7-8-13(16)15-12-5-2-6-12/h1,3-4,7-9,12H,2,5-6H2,(H,15,16). The van der Waals surface area contributed by atoms with Crippen LogP contribution in [0.5, 0.6) is 0 Å². The highest BCUT2D eigenvalue weighted by Crippen LogP contribution is 2.18. The van der Waals surface area contributed by atoms with Gasteiger partial charge in [0.05, 0.1) is 0 Å². The van der Waals surface area contributed by atoms with E-state index in [1.54, 1.807) is 6.08 Å². The van der Waals surface area contributed by atoms with Gasteiger partial charge in [-0.1, -0.05) is 28.1 Å². The van der Waals surface area contributed by atoms with E-state index in [1.807, 2.05) is 30.3 Å². The van der Waals surface area contributed by atoms with Crippen molar-refractivity contribution in [2.75, 3.05) is 0 Å². The summed E-state index contributed by atoms with van der Waals surface area (Å²) in [7, 11) is 0. The SMILES string of the molecule is O=C(C=Cc1cccc(Br)c1)NC1CCC1. The third-order valence-corrected chi connectivity index (χ3v) is 3.22. The summed E-state index contributed by atoms with van der Waals surface area (Å²) in [5.74, 6) is 0.00433. The normalized spacial score (nSPS) is 16.1. The Labute approximate surface area is 104 Å². The zero-order chi connectivity index (χ0) is 11.4. The Kier molecular flexibility index (Phi) is 3.78. The molecule has 0 atom stereocenters. The molecule has 1 aromatic carbocycles. The minimum absolute atomic E-state index is 0.00433. The molecule has 0 unspecified atom stereocenters. The number of nitrogens with one attached hydrogen (secondary N) is 1. The van der Waals surface area contributed by atoms with E-state index in [-0.39, 0.29) is 5.91 Å². The van der Waals surface area contributed by atoms with Gasteiger partial charge in [-0.05, 0) is 43.0 Å². The summed E-state index contributed by atoms with van der Waals surface area (Å²) >= 11 is 3.40. The van der Waals surface area contributed by atoms with Crippen LogP contribution in [0.1, 0.15) is 24.8 Å². The van der Waals surface area contributed by atoms with Gasteiger partial charge >= 0.3 is 0 Å². The van der Waals surface area contributed by atoms with E-state index in [0.717, 1.165) is 22.9 Å². The molecule has 1 N–H and O–H groups in total. The predicted octanol–water partition coefficient (Wildman–Crippen LogP) is 3.13. The third-order valence-electron chi connectivity index (χ3n) is 2.73. The zero-order valence-corrected chi connectivity index (χ0v) is 10.5. The van der Waals surface area contributed by atoms with Crippen LogP contribution >= 0.6 is 15.9 Å². The fourth-order valence-electron chi connectivity index (χ4n) is 1.58. The van der Waals surface area contributed by atoms with Crippen molar-refractivity contribution in [2.45, 2.75) is 25.3 Å². The van der Waals surface area contributed by atoms with Crippen LogP contribution in [0, 0.1) is 0 Å². The summed E-state index contributed by atoms with van der Waals surface area (Å²) in [4.78, 5) is 11.5. The van der Waals surface area contributed by atoms with E-state index in [4.69, 9.17) is 0 Å². The highest BCUT2D eigenvalue weighted by atomic mass is 79.9. The molecule has 1 aromatic rings. The minimum atomic E-state index is 0.00433. The molecule has 2 rings (SSSR count). The molecule has 0 heterocycles. The lowest BCUT2D eigenvalue weighted by Gasteiger charge is -2.25. The second-order valence-electron chi connectivity index (χ2n) is 4.02. The van der Waals surface area contributed by atoms with Gasteiger partial charge in [0.1, 0.15) is 0 Å². The van der Waals surface area contributed by atoms with Gasteiger partial charge in [0.25, 0.3) is 0 Å². The quantitative estimate of drug-likeness (QED) is 0.847. The molecule has 0 bridgehead atoms. The molecule has 0 aromatic heterocycles. The lowest BCUT2D eigenvalue weighted by atomic mass is 9.93. The molecular weight excluding hydrogens is 266 g/mol. The monoisotopic (exact) mass is 279 g/mol. The Hall–Kier alpha value is -1.09. The maximum Gasteiger partial charge on any atom is 0.244 e. The molecule has 3 heteroatoms. The molecule has 16 heavy (non-hydrogen) atoms. The molecule has 1 saturated carbocycles. The van der Waals surface area contributed by atoms with Gasteiger partial charge in [-0.15, -0.1) is 0 Å². The molecule has 0 spiro atoms. The molecule has 1 amide bonds. The highest BCUT2D eigenvalue weighted by molar-refractivity contribution is 9.10. The second-order valence-corrected chi connectivity index (χ2v) is 4.94. The number of hydrogen-bond acceptors (Lipinski definition) is 1. The van der Waals surface area contributed by atoms with Crippen LogP contribution in [0.25, 0.3) is 6.08 Å². The van der Waals surface area contributed by atoms with Crippen LogP contribution < -0.4 is 5.32 Å². The van der Waals surface area contributed by atoms with Crippen LogP contribution in [0.3, 0.4) is 0 Å². The molecule has 0 saturated heterocycles. The van der Waals surface area contributed by atoms with Crippen LogP contribution in [-0.4, -0.2) is 11.9 Å². The number of benzene rings is 1. The van der Waals surface area contributed by atoms with Gasteiger partial charge in [0.2, 0.25) is 5.91 Å². The third kappa shape index (κ3) is 3.20. The second kappa shape index (κ2) is 5.30. The van der Waals surface area contributed by atoms with Crippen molar-refractivity contribution in [1.82, 2.24) is 5.32 Å². The molecule has 0 aliphatic heterocycles. The summed E-state index contributed by atoms with van der Waals surface area (Å²) in [5, 5.41) is 2.96. The summed E-state index contributed by atoms with van der Waals surface area (Å²) in [6, 6.07) is 8.27. The number of hydrogen-bond donors (Lipinski definition) is 1. The maximum atomic E-state index is 11.5. The first-order valence-electron chi connectivity index (χ1n) is 5.48. The van der Waals surface area contributed by atoms with Gasteiger partial charge in [0, 0.05) is 16.6 Å². The zero-order valence-electron chi connectivity index (χ0n) is 8.95. The fraction of sp³-hybridized carbons (Fsp3) is 0.308. The van der Waals surface area contributed by atoms with Gasteiger partial charge in [-0.25, -0.2) is 0 Å². The van der Waals surface area contributed by atoms with Crippen LogP contribution in [-0.2, 0) is 4.79 Å². The molecule has 1 aliphatic rings. The molecule has 0 radical (unpaired) electrons. The van der Waals surface area contributed by atoms with E-state index < -0.39 is 0 Å². The lowest BCUT2D eigenvalue weighted by Crippen LogP contribution is -2.38. The number of carbonyl (C=O) groups excluding carboxylic acids is 1. The molecular formula is C13H14BrNO. The smallest absolute Gasteiger partial charge is 0.244 e. The van der Waals surface area contributed by atoms with Crippen molar-refractivity contribution >= 4 is 27.9 Å². The van der Waals surface area contributed by atoms with Crippen molar-refractivity contribution in [1.29, 1.82) is 0 Å². The van der Waals surface area contributed by atoms with E-state index in [1.165, 1.54) is 6.42 Å². The molecule has 84 valence electrons. The summed E-state index contributed by atoms with van der Waals surface area (Å²) in [6.07, 6.45) is 6.91. The Morgan fingerprint density at radius 2 is 2.25 bits per heavy atom. The van der Waals surface area contributed by atoms with E-state index in [0.29, 0.717) is 6.04 Å². The largest absolute Gasteiger partial charge is 0.350 e.